The smallest absolute Gasteiger partial charge is 0.236 e. The molecule has 3 rings (SSSR count). The van der Waals surface area contributed by atoms with Crippen LogP contribution in [0.1, 0.15) is 32.6 Å². The summed E-state index contributed by atoms with van der Waals surface area (Å²) >= 11 is 0. The summed E-state index contributed by atoms with van der Waals surface area (Å²) in [6.45, 7) is 9.29. The van der Waals surface area contributed by atoms with E-state index in [-0.39, 0.29) is 11.8 Å². The molecule has 2 atom stereocenters. The van der Waals surface area contributed by atoms with E-state index in [1.807, 2.05) is 4.90 Å². The highest BCUT2D eigenvalue weighted by Gasteiger charge is 2.26. The van der Waals surface area contributed by atoms with Gasteiger partial charge in [0.15, 0.2) is 0 Å². The van der Waals surface area contributed by atoms with Crippen molar-refractivity contribution in [2.24, 2.45) is 5.92 Å². The van der Waals surface area contributed by atoms with Crippen LogP contribution < -0.4 is 5.32 Å². The number of piperazine rings is 1. The molecule has 0 aromatic heterocycles. The van der Waals surface area contributed by atoms with Crippen LogP contribution in [-0.4, -0.2) is 98.1 Å². The maximum Gasteiger partial charge on any atom is 0.236 e. The first-order chi connectivity index (χ1) is 12.6. The Morgan fingerprint density at radius 1 is 0.923 bits per heavy atom. The van der Waals surface area contributed by atoms with E-state index in [1.165, 1.54) is 19.3 Å². The number of carbonyl (C=O) groups is 2. The lowest BCUT2D eigenvalue weighted by Crippen LogP contribution is -2.54. The SMILES string of the molecule is CC1CCCCC1NC(=O)CN1CCN(C(=O)CN2CCOCC2)CC1. The standard InChI is InChI=1S/C19H34N4O3/c1-16-4-2-3-5-17(16)20-18(24)14-21-6-8-23(9-7-21)19(25)15-22-10-12-26-13-11-22/h16-17H,2-15H2,1H3,(H,20,24). The predicted molar refractivity (Wildman–Crippen MR) is 99.8 cm³/mol. The number of hydrogen-bond acceptors (Lipinski definition) is 5. The molecule has 0 radical (unpaired) electrons. The summed E-state index contributed by atoms with van der Waals surface area (Å²) < 4.78 is 5.33. The second-order valence-corrected chi connectivity index (χ2v) is 7.98. The van der Waals surface area contributed by atoms with Crippen LogP contribution >= 0.6 is 0 Å². The quantitative estimate of drug-likeness (QED) is 0.751. The van der Waals surface area contributed by atoms with E-state index in [9.17, 15) is 9.59 Å². The van der Waals surface area contributed by atoms with Gasteiger partial charge in [-0.05, 0) is 18.8 Å². The fourth-order valence-electron chi connectivity index (χ4n) is 4.19. The molecule has 0 spiro atoms. The normalized spacial score (nSPS) is 28.7. The van der Waals surface area contributed by atoms with Crippen LogP contribution in [0.2, 0.25) is 0 Å². The van der Waals surface area contributed by atoms with E-state index >= 15 is 0 Å². The second-order valence-electron chi connectivity index (χ2n) is 7.98. The Bertz CT molecular complexity index is 473. The van der Waals surface area contributed by atoms with Gasteiger partial charge in [-0.1, -0.05) is 19.8 Å². The number of hydrogen-bond donors (Lipinski definition) is 1. The van der Waals surface area contributed by atoms with Crippen molar-refractivity contribution in [1.29, 1.82) is 0 Å². The lowest BCUT2D eigenvalue weighted by molar-refractivity contribution is -0.135. The van der Waals surface area contributed by atoms with Gasteiger partial charge in [0.25, 0.3) is 0 Å². The Labute approximate surface area is 157 Å². The summed E-state index contributed by atoms with van der Waals surface area (Å²) in [4.78, 5) is 31.1. The first kappa shape index (κ1) is 19.6. The van der Waals surface area contributed by atoms with E-state index < -0.39 is 0 Å². The Hall–Kier alpha value is -1.18. The molecule has 1 saturated carbocycles. The summed E-state index contributed by atoms with van der Waals surface area (Å²) in [5.74, 6) is 0.922. The molecule has 1 N–H and O–H groups in total. The third kappa shape index (κ3) is 5.66. The predicted octanol–water partition coefficient (Wildman–Crippen LogP) is 0.158. The molecule has 2 amide bonds. The number of nitrogens with one attached hydrogen (secondary N) is 1. The second kappa shape index (κ2) is 9.67. The largest absolute Gasteiger partial charge is 0.379 e. The monoisotopic (exact) mass is 366 g/mol. The minimum Gasteiger partial charge on any atom is -0.379 e. The zero-order valence-electron chi connectivity index (χ0n) is 16.1. The van der Waals surface area contributed by atoms with Gasteiger partial charge in [0.05, 0.1) is 26.3 Å². The van der Waals surface area contributed by atoms with E-state index in [1.54, 1.807) is 0 Å². The van der Waals surface area contributed by atoms with Gasteiger partial charge in [0, 0.05) is 45.3 Å². The fourth-order valence-corrected chi connectivity index (χ4v) is 4.19. The first-order valence-corrected chi connectivity index (χ1v) is 10.2. The van der Waals surface area contributed by atoms with Crippen molar-refractivity contribution >= 4 is 11.8 Å². The van der Waals surface area contributed by atoms with E-state index in [0.717, 1.165) is 58.9 Å². The molecule has 7 nitrogen and oxygen atoms in total. The minimum absolute atomic E-state index is 0.136. The Morgan fingerprint density at radius 2 is 1.58 bits per heavy atom. The van der Waals surface area contributed by atoms with Crippen molar-refractivity contribution in [2.75, 3.05) is 65.6 Å². The van der Waals surface area contributed by atoms with Crippen molar-refractivity contribution < 1.29 is 14.3 Å². The zero-order chi connectivity index (χ0) is 18.4. The minimum atomic E-state index is 0.136. The van der Waals surface area contributed by atoms with Crippen LogP contribution in [0.15, 0.2) is 0 Å². The molecule has 2 saturated heterocycles. The molecule has 2 aliphatic heterocycles. The van der Waals surface area contributed by atoms with Gasteiger partial charge in [0.1, 0.15) is 0 Å². The molecule has 148 valence electrons. The number of ether oxygens (including phenoxy) is 1. The zero-order valence-corrected chi connectivity index (χ0v) is 16.1. The van der Waals surface area contributed by atoms with Crippen LogP contribution in [0, 0.1) is 5.92 Å². The van der Waals surface area contributed by atoms with Gasteiger partial charge >= 0.3 is 0 Å². The molecule has 2 unspecified atom stereocenters. The molecular weight excluding hydrogens is 332 g/mol. The average molecular weight is 367 g/mol. The third-order valence-corrected chi connectivity index (χ3v) is 6.01. The molecular formula is C19H34N4O3. The average Bonchev–Trinajstić information content (AvgIpc) is 2.65. The van der Waals surface area contributed by atoms with Gasteiger partial charge in [-0.15, -0.1) is 0 Å². The number of nitrogens with zero attached hydrogens (tertiary/aromatic N) is 3. The van der Waals surface area contributed by atoms with Crippen LogP contribution in [0.3, 0.4) is 0 Å². The van der Waals surface area contributed by atoms with E-state index in [2.05, 4.69) is 22.0 Å². The summed E-state index contributed by atoms with van der Waals surface area (Å²) in [5, 5.41) is 3.22. The lowest BCUT2D eigenvalue weighted by Gasteiger charge is -2.36. The van der Waals surface area contributed by atoms with E-state index in [4.69, 9.17) is 4.74 Å². The highest BCUT2D eigenvalue weighted by atomic mass is 16.5. The van der Waals surface area contributed by atoms with Gasteiger partial charge < -0.3 is 15.0 Å². The van der Waals surface area contributed by atoms with Crippen molar-refractivity contribution in [3.8, 4) is 0 Å². The number of carbonyl (C=O) groups excluding carboxylic acids is 2. The van der Waals surface area contributed by atoms with Crippen molar-refractivity contribution in [2.45, 2.75) is 38.6 Å². The molecule has 0 aromatic rings. The molecule has 3 aliphatic rings. The summed E-state index contributed by atoms with van der Waals surface area (Å²) in [6, 6.07) is 0.340. The summed E-state index contributed by atoms with van der Waals surface area (Å²) in [6.07, 6.45) is 4.83. The topological polar surface area (TPSA) is 65.1 Å². The maximum absolute atomic E-state index is 12.4. The number of rotatable bonds is 5. The van der Waals surface area contributed by atoms with Gasteiger partial charge in [-0.2, -0.15) is 0 Å². The summed E-state index contributed by atoms with van der Waals surface area (Å²) in [7, 11) is 0. The number of morpholine rings is 1. The highest BCUT2D eigenvalue weighted by molar-refractivity contribution is 5.79. The molecule has 0 aromatic carbocycles. The Morgan fingerprint density at radius 3 is 2.27 bits per heavy atom. The van der Waals surface area contributed by atoms with Gasteiger partial charge in [0.2, 0.25) is 11.8 Å². The molecule has 26 heavy (non-hydrogen) atoms. The van der Waals surface area contributed by atoms with Crippen LogP contribution in [0.4, 0.5) is 0 Å². The fraction of sp³-hybridized carbons (Fsp3) is 0.895. The van der Waals surface area contributed by atoms with Crippen molar-refractivity contribution in [1.82, 2.24) is 20.0 Å². The molecule has 1 aliphatic carbocycles. The summed E-state index contributed by atoms with van der Waals surface area (Å²) in [5.41, 5.74) is 0. The first-order valence-electron chi connectivity index (χ1n) is 10.2. The Balaban J connectivity index is 1.35. The molecule has 7 heteroatoms. The highest BCUT2D eigenvalue weighted by Crippen LogP contribution is 2.23. The molecule has 3 fully saturated rings. The lowest BCUT2D eigenvalue weighted by atomic mass is 9.86. The number of amides is 2. The molecule has 0 bridgehead atoms. The van der Waals surface area contributed by atoms with Crippen LogP contribution in [0.5, 0.6) is 0 Å². The van der Waals surface area contributed by atoms with Crippen molar-refractivity contribution in [3.63, 3.8) is 0 Å². The van der Waals surface area contributed by atoms with Crippen LogP contribution in [-0.2, 0) is 14.3 Å². The van der Waals surface area contributed by atoms with E-state index in [0.29, 0.717) is 25.0 Å². The maximum atomic E-state index is 12.4. The van der Waals surface area contributed by atoms with Gasteiger partial charge in [-0.3, -0.25) is 19.4 Å². The van der Waals surface area contributed by atoms with Crippen molar-refractivity contribution in [3.05, 3.63) is 0 Å². The Kier molecular flexibility index (Phi) is 7.28. The third-order valence-electron chi connectivity index (χ3n) is 6.01. The molecule has 2 heterocycles. The van der Waals surface area contributed by atoms with Gasteiger partial charge in [-0.25, -0.2) is 0 Å². The van der Waals surface area contributed by atoms with Crippen LogP contribution in [0.25, 0.3) is 0 Å².